The molecular formula is C17H29O+. The van der Waals surface area contributed by atoms with Crippen LogP contribution in [0, 0.1) is 0 Å². The largest absolute Gasteiger partial charge is 0.334 e. The standard InChI is InChI=1S/C17H29O/c1-8-9-10-13-11-14(16(2,3)4)18-15(12-13)17(5,6)7/h11-12H,8-10H2,1-7H3/q+1. The first kappa shape index (κ1) is 15.2. The lowest BCUT2D eigenvalue weighted by Crippen LogP contribution is -2.17. The molecule has 0 aromatic carbocycles. The first-order valence-corrected chi connectivity index (χ1v) is 7.12. The average Bonchev–Trinajstić information content (AvgIpc) is 2.23. The Morgan fingerprint density at radius 1 is 0.889 bits per heavy atom. The number of hydrogen-bond donors (Lipinski definition) is 0. The second-order valence-electron chi connectivity index (χ2n) is 7.30. The number of rotatable bonds is 3. The zero-order chi connectivity index (χ0) is 14.0. The highest BCUT2D eigenvalue weighted by Gasteiger charge is 2.33. The lowest BCUT2D eigenvalue weighted by atomic mass is 9.88. The van der Waals surface area contributed by atoms with Crippen molar-refractivity contribution in [2.75, 3.05) is 0 Å². The van der Waals surface area contributed by atoms with Gasteiger partial charge in [0.2, 0.25) is 0 Å². The van der Waals surface area contributed by atoms with Crippen LogP contribution < -0.4 is 0 Å². The molecule has 0 amide bonds. The molecule has 0 atom stereocenters. The molecule has 1 heterocycles. The molecule has 1 heteroatoms. The van der Waals surface area contributed by atoms with E-state index in [-0.39, 0.29) is 10.8 Å². The first-order chi connectivity index (χ1) is 8.14. The van der Waals surface area contributed by atoms with Gasteiger partial charge in [0.1, 0.15) is 0 Å². The number of unbranched alkanes of at least 4 members (excludes halogenated alkanes) is 1. The maximum Gasteiger partial charge on any atom is 0.334 e. The molecule has 0 saturated carbocycles. The summed E-state index contributed by atoms with van der Waals surface area (Å²) in [6.07, 6.45) is 3.64. The lowest BCUT2D eigenvalue weighted by Gasteiger charge is -2.15. The van der Waals surface area contributed by atoms with Gasteiger partial charge in [0.05, 0.1) is 10.8 Å². The molecule has 1 nitrogen and oxygen atoms in total. The van der Waals surface area contributed by atoms with Crippen molar-refractivity contribution < 1.29 is 4.42 Å². The van der Waals surface area contributed by atoms with Crippen LogP contribution in [0.4, 0.5) is 0 Å². The van der Waals surface area contributed by atoms with Crippen LogP contribution in [0.2, 0.25) is 0 Å². The van der Waals surface area contributed by atoms with Crippen LogP contribution in [0.5, 0.6) is 0 Å². The van der Waals surface area contributed by atoms with E-state index in [1.165, 1.54) is 18.4 Å². The Balaban J connectivity index is 3.21. The fraction of sp³-hybridized carbons (Fsp3) is 0.706. The van der Waals surface area contributed by atoms with Crippen LogP contribution in [0.3, 0.4) is 0 Å². The summed E-state index contributed by atoms with van der Waals surface area (Å²) in [6, 6.07) is 4.48. The smallest absolute Gasteiger partial charge is 0.217 e. The fourth-order valence-electron chi connectivity index (χ4n) is 1.82. The van der Waals surface area contributed by atoms with E-state index < -0.39 is 0 Å². The minimum absolute atomic E-state index is 0.0717. The zero-order valence-corrected chi connectivity index (χ0v) is 13.2. The van der Waals surface area contributed by atoms with Crippen LogP contribution in [0.1, 0.15) is 78.4 Å². The van der Waals surface area contributed by atoms with Gasteiger partial charge >= 0.3 is 11.5 Å². The lowest BCUT2D eigenvalue weighted by molar-refractivity contribution is 0.327. The molecule has 102 valence electrons. The summed E-state index contributed by atoms with van der Waals surface area (Å²) in [4.78, 5) is 0. The van der Waals surface area contributed by atoms with Crippen molar-refractivity contribution in [3.8, 4) is 0 Å². The Bertz CT molecular complexity index is 359. The summed E-state index contributed by atoms with van der Waals surface area (Å²) in [5.41, 5.74) is 1.56. The molecule has 0 aliphatic heterocycles. The van der Waals surface area contributed by atoms with Gasteiger partial charge in [-0.15, -0.1) is 0 Å². The Morgan fingerprint density at radius 3 is 1.67 bits per heavy atom. The topological polar surface area (TPSA) is 11.3 Å². The summed E-state index contributed by atoms with van der Waals surface area (Å²) < 4.78 is 6.13. The molecule has 1 aromatic heterocycles. The van der Waals surface area contributed by atoms with Crippen molar-refractivity contribution >= 4 is 0 Å². The molecule has 0 unspecified atom stereocenters. The Kier molecular flexibility index (Phi) is 4.58. The summed E-state index contributed by atoms with van der Waals surface area (Å²) in [5.74, 6) is 2.20. The Labute approximate surface area is 113 Å². The van der Waals surface area contributed by atoms with E-state index in [1.807, 2.05) is 0 Å². The normalized spacial score (nSPS) is 12.8. The third-order valence-corrected chi connectivity index (χ3v) is 3.15. The van der Waals surface area contributed by atoms with Gasteiger partial charge in [-0.3, -0.25) is 0 Å². The van der Waals surface area contributed by atoms with Gasteiger partial charge in [-0.25, -0.2) is 4.42 Å². The highest BCUT2D eigenvalue weighted by atomic mass is 16.3. The molecule has 18 heavy (non-hydrogen) atoms. The van der Waals surface area contributed by atoms with Crippen LogP contribution >= 0.6 is 0 Å². The SMILES string of the molecule is CCCCc1cc(C(C)(C)C)[o+]c(C(C)(C)C)c1. The summed E-state index contributed by atoms with van der Waals surface area (Å²) in [7, 11) is 0. The highest BCUT2D eigenvalue weighted by molar-refractivity contribution is 5.25. The van der Waals surface area contributed by atoms with Crippen molar-refractivity contribution in [1.82, 2.24) is 0 Å². The predicted octanol–water partition coefficient (Wildman–Crippen LogP) is 5.50. The zero-order valence-electron chi connectivity index (χ0n) is 13.2. The van der Waals surface area contributed by atoms with Crippen LogP contribution in [0.25, 0.3) is 0 Å². The maximum absolute atomic E-state index is 6.13. The minimum Gasteiger partial charge on any atom is -0.217 e. The van der Waals surface area contributed by atoms with Gasteiger partial charge in [0, 0.05) is 12.1 Å². The third kappa shape index (κ3) is 4.12. The maximum atomic E-state index is 6.13. The Morgan fingerprint density at radius 2 is 1.33 bits per heavy atom. The van der Waals surface area contributed by atoms with E-state index >= 15 is 0 Å². The van der Waals surface area contributed by atoms with E-state index in [4.69, 9.17) is 4.42 Å². The van der Waals surface area contributed by atoms with Gasteiger partial charge in [0.25, 0.3) is 0 Å². The minimum atomic E-state index is 0.0717. The first-order valence-electron chi connectivity index (χ1n) is 7.12. The van der Waals surface area contributed by atoms with Crippen LogP contribution in [-0.4, -0.2) is 0 Å². The quantitative estimate of drug-likeness (QED) is 0.644. The van der Waals surface area contributed by atoms with Crippen molar-refractivity contribution in [3.05, 3.63) is 29.2 Å². The van der Waals surface area contributed by atoms with Gasteiger partial charge < -0.3 is 0 Å². The number of aryl methyl sites for hydroxylation is 1. The summed E-state index contributed by atoms with van der Waals surface area (Å²) in [5, 5.41) is 0. The third-order valence-electron chi connectivity index (χ3n) is 3.15. The predicted molar refractivity (Wildman–Crippen MR) is 79.1 cm³/mol. The van der Waals surface area contributed by atoms with Crippen LogP contribution in [-0.2, 0) is 17.3 Å². The van der Waals surface area contributed by atoms with Crippen LogP contribution in [0.15, 0.2) is 16.5 Å². The fourth-order valence-corrected chi connectivity index (χ4v) is 1.82. The molecule has 0 fully saturated rings. The van der Waals surface area contributed by atoms with E-state index in [9.17, 15) is 0 Å². The van der Waals surface area contributed by atoms with E-state index in [0.717, 1.165) is 17.9 Å². The Hall–Kier alpha value is -0.850. The monoisotopic (exact) mass is 249 g/mol. The number of hydrogen-bond acceptors (Lipinski definition) is 0. The van der Waals surface area contributed by atoms with E-state index in [1.54, 1.807) is 0 Å². The molecule has 0 aliphatic carbocycles. The summed E-state index contributed by atoms with van der Waals surface area (Å²) in [6.45, 7) is 15.5. The molecule has 0 spiro atoms. The molecule has 1 rings (SSSR count). The van der Waals surface area contributed by atoms with Crippen molar-refractivity contribution in [3.63, 3.8) is 0 Å². The van der Waals surface area contributed by atoms with E-state index in [0.29, 0.717) is 0 Å². The molecule has 0 N–H and O–H groups in total. The van der Waals surface area contributed by atoms with Gasteiger partial charge in [-0.05, 0) is 59.9 Å². The second kappa shape index (κ2) is 5.42. The summed E-state index contributed by atoms with van der Waals surface area (Å²) >= 11 is 0. The van der Waals surface area contributed by atoms with Crippen molar-refractivity contribution in [2.24, 2.45) is 0 Å². The molecule has 0 radical (unpaired) electrons. The van der Waals surface area contributed by atoms with Gasteiger partial charge in [-0.2, -0.15) is 0 Å². The van der Waals surface area contributed by atoms with Gasteiger partial charge in [0.15, 0.2) is 0 Å². The van der Waals surface area contributed by atoms with Crippen molar-refractivity contribution in [2.45, 2.75) is 78.6 Å². The second-order valence-corrected chi connectivity index (χ2v) is 7.30. The van der Waals surface area contributed by atoms with Crippen molar-refractivity contribution in [1.29, 1.82) is 0 Å². The molecular weight excluding hydrogens is 220 g/mol. The molecule has 0 aliphatic rings. The van der Waals surface area contributed by atoms with E-state index in [2.05, 4.69) is 60.6 Å². The highest BCUT2D eigenvalue weighted by Crippen LogP contribution is 2.30. The molecule has 1 aromatic rings. The molecule has 0 saturated heterocycles. The van der Waals surface area contributed by atoms with Gasteiger partial charge in [-0.1, -0.05) is 13.3 Å². The average molecular weight is 249 g/mol. The molecule has 0 bridgehead atoms.